The van der Waals surface area contributed by atoms with E-state index in [1.807, 2.05) is 0 Å². The molecule has 2 atom stereocenters. The molecule has 0 aliphatic heterocycles. The lowest BCUT2D eigenvalue weighted by atomic mass is 9.84. The highest BCUT2D eigenvalue weighted by Crippen LogP contribution is 2.24. The molecule has 0 aromatic heterocycles. The quantitative estimate of drug-likeness (QED) is 0.564. The molecule has 0 saturated heterocycles. The van der Waals surface area contributed by atoms with E-state index in [9.17, 15) is 0 Å². The van der Waals surface area contributed by atoms with Gasteiger partial charge in [-0.2, -0.15) is 0 Å². The first kappa shape index (κ1) is 11.0. The SMILES string of the molecule is [CH2]C(C)CC(C)C(CC)CC. The van der Waals surface area contributed by atoms with Gasteiger partial charge in [0, 0.05) is 0 Å². The topological polar surface area (TPSA) is 0 Å². The normalized spacial score (nSPS) is 14.5. The van der Waals surface area contributed by atoms with Gasteiger partial charge in [0.1, 0.15) is 0 Å². The molecule has 0 heteroatoms. The molecule has 11 heavy (non-hydrogen) atoms. The van der Waals surface area contributed by atoms with Crippen molar-refractivity contribution in [2.24, 2.45) is 17.8 Å². The van der Waals surface area contributed by atoms with E-state index in [0.29, 0.717) is 5.92 Å². The maximum absolute atomic E-state index is 4.03. The van der Waals surface area contributed by atoms with Gasteiger partial charge in [-0.15, -0.1) is 0 Å². The van der Waals surface area contributed by atoms with Gasteiger partial charge >= 0.3 is 0 Å². The fourth-order valence-electron chi connectivity index (χ4n) is 1.92. The van der Waals surface area contributed by atoms with Gasteiger partial charge in [0.2, 0.25) is 0 Å². The maximum Gasteiger partial charge on any atom is -0.0394 e. The Balaban J connectivity index is 3.68. The van der Waals surface area contributed by atoms with Crippen molar-refractivity contribution in [3.63, 3.8) is 0 Å². The van der Waals surface area contributed by atoms with Crippen LogP contribution in [0.2, 0.25) is 0 Å². The zero-order valence-electron chi connectivity index (χ0n) is 8.56. The average molecular weight is 155 g/mol. The molecular formula is C11H23. The van der Waals surface area contributed by atoms with E-state index in [-0.39, 0.29) is 0 Å². The minimum atomic E-state index is 0.616. The van der Waals surface area contributed by atoms with Crippen LogP contribution < -0.4 is 0 Å². The molecule has 0 amide bonds. The summed E-state index contributed by atoms with van der Waals surface area (Å²) in [4.78, 5) is 0. The lowest BCUT2D eigenvalue weighted by molar-refractivity contribution is 0.296. The number of hydrogen-bond acceptors (Lipinski definition) is 0. The van der Waals surface area contributed by atoms with E-state index in [2.05, 4.69) is 34.6 Å². The lowest BCUT2D eigenvalue weighted by Gasteiger charge is -2.22. The van der Waals surface area contributed by atoms with Crippen molar-refractivity contribution < 1.29 is 0 Å². The highest BCUT2D eigenvalue weighted by Gasteiger charge is 2.13. The van der Waals surface area contributed by atoms with Crippen LogP contribution in [0.25, 0.3) is 0 Å². The molecule has 2 unspecified atom stereocenters. The Labute approximate surface area is 72.4 Å². The standard InChI is InChI=1S/C11H23/c1-6-11(7-2)10(5)8-9(3)4/h9-11H,3,6-8H2,1-2,4-5H3. The zero-order chi connectivity index (χ0) is 8.85. The highest BCUT2D eigenvalue weighted by molar-refractivity contribution is 4.67. The predicted molar refractivity (Wildman–Crippen MR) is 52.4 cm³/mol. The molecule has 0 fully saturated rings. The van der Waals surface area contributed by atoms with E-state index in [1.165, 1.54) is 19.3 Å². The Morgan fingerprint density at radius 1 is 1.09 bits per heavy atom. The highest BCUT2D eigenvalue weighted by atomic mass is 14.2. The van der Waals surface area contributed by atoms with Crippen molar-refractivity contribution in [3.05, 3.63) is 6.92 Å². The summed E-state index contributed by atoms with van der Waals surface area (Å²) in [6.45, 7) is 13.2. The third-order valence-corrected chi connectivity index (χ3v) is 2.63. The summed E-state index contributed by atoms with van der Waals surface area (Å²) >= 11 is 0. The van der Waals surface area contributed by atoms with Crippen molar-refractivity contribution in [2.75, 3.05) is 0 Å². The van der Waals surface area contributed by atoms with Crippen LogP contribution in [0.5, 0.6) is 0 Å². The molecule has 1 radical (unpaired) electrons. The van der Waals surface area contributed by atoms with Crippen LogP contribution in [0.3, 0.4) is 0 Å². The Hall–Kier alpha value is 0. The molecule has 0 N–H and O–H groups in total. The molecule has 0 saturated carbocycles. The zero-order valence-corrected chi connectivity index (χ0v) is 8.56. The third-order valence-electron chi connectivity index (χ3n) is 2.63. The monoisotopic (exact) mass is 155 g/mol. The van der Waals surface area contributed by atoms with Crippen LogP contribution >= 0.6 is 0 Å². The summed E-state index contributed by atoms with van der Waals surface area (Å²) in [5, 5.41) is 0. The smallest absolute Gasteiger partial charge is 0.0394 e. The molecular weight excluding hydrogens is 132 g/mol. The molecule has 0 aromatic carbocycles. The summed E-state index contributed by atoms with van der Waals surface area (Å²) in [6, 6.07) is 0. The van der Waals surface area contributed by atoms with Crippen molar-refractivity contribution in [3.8, 4) is 0 Å². The first-order valence-corrected chi connectivity index (χ1v) is 4.94. The second-order valence-corrected chi connectivity index (χ2v) is 3.89. The van der Waals surface area contributed by atoms with E-state index in [1.54, 1.807) is 0 Å². The molecule has 0 rings (SSSR count). The van der Waals surface area contributed by atoms with Crippen molar-refractivity contribution in [1.82, 2.24) is 0 Å². The minimum absolute atomic E-state index is 0.616. The first-order valence-electron chi connectivity index (χ1n) is 4.94. The van der Waals surface area contributed by atoms with Gasteiger partial charge in [-0.25, -0.2) is 0 Å². The fraction of sp³-hybridized carbons (Fsp3) is 0.909. The van der Waals surface area contributed by atoms with Crippen molar-refractivity contribution >= 4 is 0 Å². The molecule has 67 valence electrons. The van der Waals surface area contributed by atoms with Crippen LogP contribution in [0.15, 0.2) is 0 Å². The van der Waals surface area contributed by atoms with Crippen LogP contribution in [-0.4, -0.2) is 0 Å². The predicted octanol–water partition coefficient (Wildman–Crippen LogP) is 3.92. The number of rotatable bonds is 5. The van der Waals surface area contributed by atoms with Crippen LogP contribution in [0.1, 0.15) is 47.0 Å². The van der Waals surface area contributed by atoms with Gasteiger partial charge in [-0.05, 0) is 24.2 Å². The van der Waals surface area contributed by atoms with Gasteiger partial charge in [0.15, 0.2) is 0 Å². The Morgan fingerprint density at radius 3 is 1.82 bits per heavy atom. The largest absolute Gasteiger partial charge is 0.0651 e. The van der Waals surface area contributed by atoms with Gasteiger partial charge in [-0.3, -0.25) is 0 Å². The van der Waals surface area contributed by atoms with E-state index < -0.39 is 0 Å². The number of hydrogen-bond donors (Lipinski definition) is 0. The lowest BCUT2D eigenvalue weighted by Crippen LogP contribution is -2.12. The fourth-order valence-corrected chi connectivity index (χ4v) is 1.92. The van der Waals surface area contributed by atoms with Crippen LogP contribution in [0.4, 0.5) is 0 Å². The Morgan fingerprint density at radius 2 is 1.55 bits per heavy atom. The van der Waals surface area contributed by atoms with Crippen LogP contribution in [-0.2, 0) is 0 Å². The van der Waals surface area contributed by atoms with Crippen molar-refractivity contribution in [1.29, 1.82) is 0 Å². The molecule has 0 nitrogen and oxygen atoms in total. The third kappa shape index (κ3) is 4.44. The maximum atomic E-state index is 4.03. The molecule has 0 spiro atoms. The van der Waals surface area contributed by atoms with E-state index >= 15 is 0 Å². The van der Waals surface area contributed by atoms with Gasteiger partial charge < -0.3 is 0 Å². The Bertz CT molecular complexity index is 80.0. The van der Waals surface area contributed by atoms with Gasteiger partial charge in [0.25, 0.3) is 0 Å². The molecule has 0 aromatic rings. The average Bonchev–Trinajstić information content (AvgIpc) is 1.88. The van der Waals surface area contributed by atoms with Gasteiger partial charge in [0.05, 0.1) is 0 Å². The summed E-state index contributed by atoms with van der Waals surface area (Å²) in [6.07, 6.45) is 3.93. The molecule has 0 bridgehead atoms. The van der Waals surface area contributed by atoms with Crippen LogP contribution in [0, 0.1) is 24.7 Å². The second-order valence-electron chi connectivity index (χ2n) is 3.89. The minimum Gasteiger partial charge on any atom is -0.0651 e. The van der Waals surface area contributed by atoms with Crippen molar-refractivity contribution in [2.45, 2.75) is 47.0 Å². The first-order chi connectivity index (χ1) is 5.11. The van der Waals surface area contributed by atoms with Gasteiger partial charge in [-0.1, -0.05) is 47.5 Å². The summed E-state index contributed by atoms with van der Waals surface area (Å²) < 4.78 is 0. The summed E-state index contributed by atoms with van der Waals surface area (Å²) in [5.74, 6) is 2.39. The Kier molecular flexibility index (Phi) is 5.62. The summed E-state index contributed by atoms with van der Waals surface area (Å²) in [7, 11) is 0. The molecule has 0 heterocycles. The van der Waals surface area contributed by atoms with E-state index in [0.717, 1.165) is 11.8 Å². The molecule has 0 aliphatic carbocycles. The second kappa shape index (κ2) is 5.62. The summed E-state index contributed by atoms with van der Waals surface area (Å²) in [5.41, 5.74) is 0. The molecule has 0 aliphatic rings. The van der Waals surface area contributed by atoms with E-state index in [4.69, 9.17) is 0 Å².